The summed E-state index contributed by atoms with van der Waals surface area (Å²) in [5.41, 5.74) is -0.235. The molecule has 0 fully saturated rings. The molecule has 7 heteroatoms. The number of nitro groups is 1. The van der Waals surface area contributed by atoms with E-state index in [4.69, 9.17) is 11.6 Å². The van der Waals surface area contributed by atoms with Gasteiger partial charge in [0.15, 0.2) is 0 Å². The number of aromatic hydroxyl groups is 1. The van der Waals surface area contributed by atoms with E-state index in [-0.39, 0.29) is 11.3 Å². The fourth-order valence-corrected chi connectivity index (χ4v) is 1.79. The van der Waals surface area contributed by atoms with Crippen LogP contribution in [0.3, 0.4) is 0 Å². The number of nitrogens with one attached hydrogen (secondary N) is 1. The van der Waals surface area contributed by atoms with E-state index >= 15 is 0 Å². The number of para-hydroxylation sites is 1. The molecule has 0 atom stereocenters. The number of anilines is 1. The molecule has 0 radical (unpaired) electrons. The smallest absolute Gasteiger partial charge is 0.312 e. The average molecular weight is 293 g/mol. The van der Waals surface area contributed by atoms with Gasteiger partial charge in [0.2, 0.25) is 5.75 Å². The van der Waals surface area contributed by atoms with E-state index < -0.39 is 22.3 Å². The number of hydrogen-bond donors (Lipinski definition) is 2. The molecule has 0 aromatic heterocycles. The highest BCUT2D eigenvalue weighted by molar-refractivity contribution is 6.31. The Hall–Kier alpha value is -2.60. The first kappa shape index (κ1) is 13.8. The highest BCUT2D eigenvalue weighted by atomic mass is 35.5. The number of hydrogen-bond acceptors (Lipinski definition) is 4. The summed E-state index contributed by atoms with van der Waals surface area (Å²) in [5, 5.41) is 23.2. The Balaban J connectivity index is 2.29. The molecule has 0 aliphatic heterocycles. The standard InChI is InChI=1S/C13H9ClN2O4/c14-9-4-1-3-8(7-9)13(18)15-10-5-2-6-11(12(10)17)16(19)20/h1-7,17H,(H,15,18). The number of nitrogens with zero attached hydrogens (tertiary/aromatic N) is 1. The summed E-state index contributed by atoms with van der Waals surface area (Å²) in [4.78, 5) is 21.9. The minimum Gasteiger partial charge on any atom is -0.501 e. The normalized spacial score (nSPS) is 10.1. The lowest BCUT2D eigenvalue weighted by molar-refractivity contribution is -0.385. The Kier molecular flexibility index (Phi) is 3.86. The van der Waals surface area contributed by atoms with Gasteiger partial charge in [0.05, 0.1) is 10.6 Å². The van der Waals surface area contributed by atoms with Gasteiger partial charge >= 0.3 is 5.69 Å². The van der Waals surface area contributed by atoms with Crippen molar-refractivity contribution in [2.24, 2.45) is 0 Å². The van der Waals surface area contributed by atoms with Crippen LogP contribution in [0.4, 0.5) is 11.4 Å². The summed E-state index contributed by atoms with van der Waals surface area (Å²) in [5.74, 6) is -1.11. The molecule has 0 bridgehead atoms. The molecular weight excluding hydrogens is 284 g/mol. The van der Waals surface area contributed by atoms with Gasteiger partial charge in [-0.1, -0.05) is 23.7 Å². The predicted octanol–water partition coefficient (Wildman–Crippen LogP) is 3.21. The van der Waals surface area contributed by atoms with Crippen LogP contribution in [0.2, 0.25) is 5.02 Å². The number of carbonyl (C=O) groups excluding carboxylic acids is 1. The summed E-state index contributed by atoms with van der Waals surface area (Å²) in [6, 6.07) is 10.1. The summed E-state index contributed by atoms with van der Waals surface area (Å²) >= 11 is 5.77. The van der Waals surface area contributed by atoms with Crippen LogP contribution in [0.5, 0.6) is 5.75 Å². The van der Waals surface area contributed by atoms with Crippen LogP contribution in [0, 0.1) is 10.1 Å². The van der Waals surface area contributed by atoms with Gasteiger partial charge in [-0.05, 0) is 24.3 Å². The van der Waals surface area contributed by atoms with Crippen molar-refractivity contribution < 1.29 is 14.8 Å². The van der Waals surface area contributed by atoms with Crippen LogP contribution >= 0.6 is 11.6 Å². The van der Waals surface area contributed by atoms with Crippen LogP contribution < -0.4 is 5.32 Å². The lowest BCUT2D eigenvalue weighted by Gasteiger charge is -2.07. The second-order valence-electron chi connectivity index (χ2n) is 3.89. The van der Waals surface area contributed by atoms with Crippen LogP contribution in [0.25, 0.3) is 0 Å². The molecule has 0 heterocycles. The van der Waals surface area contributed by atoms with E-state index in [0.717, 1.165) is 6.07 Å². The topological polar surface area (TPSA) is 92.5 Å². The Morgan fingerprint density at radius 2 is 1.95 bits per heavy atom. The zero-order valence-corrected chi connectivity index (χ0v) is 10.8. The van der Waals surface area contributed by atoms with Crippen molar-refractivity contribution in [3.8, 4) is 5.75 Å². The Morgan fingerprint density at radius 1 is 1.25 bits per heavy atom. The highest BCUT2D eigenvalue weighted by Crippen LogP contribution is 2.33. The molecule has 0 aliphatic carbocycles. The van der Waals surface area contributed by atoms with Crippen molar-refractivity contribution in [3.63, 3.8) is 0 Å². The van der Waals surface area contributed by atoms with Crippen molar-refractivity contribution in [1.29, 1.82) is 0 Å². The van der Waals surface area contributed by atoms with Gasteiger partial charge in [0.25, 0.3) is 5.91 Å². The second kappa shape index (κ2) is 5.58. The first-order chi connectivity index (χ1) is 9.49. The monoisotopic (exact) mass is 292 g/mol. The van der Waals surface area contributed by atoms with Crippen molar-refractivity contribution in [2.45, 2.75) is 0 Å². The van der Waals surface area contributed by atoms with E-state index in [1.807, 2.05) is 0 Å². The van der Waals surface area contributed by atoms with Gasteiger partial charge in [-0.2, -0.15) is 0 Å². The zero-order valence-electron chi connectivity index (χ0n) is 10.0. The molecule has 6 nitrogen and oxygen atoms in total. The molecule has 2 rings (SSSR count). The van der Waals surface area contributed by atoms with Gasteiger partial charge in [-0.25, -0.2) is 0 Å². The van der Waals surface area contributed by atoms with Crippen molar-refractivity contribution >= 4 is 28.9 Å². The highest BCUT2D eigenvalue weighted by Gasteiger charge is 2.18. The number of halogens is 1. The lowest BCUT2D eigenvalue weighted by Crippen LogP contribution is -2.12. The fourth-order valence-electron chi connectivity index (χ4n) is 1.60. The minimum absolute atomic E-state index is 0.0378. The van der Waals surface area contributed by atoms with Crippen molar-refractivity contribution in [3.05, 3.63) is 63.2 Å². The summed E-state index contributed by atoms with van der Waals surface area (Å²) < 4.78 is 0. The third-order valence-electron chi connectivity index (χ3n) is 2.55. The maximum Gasteiger partial charge on any atom is 0.312 e. The fraction of sp³-hybridized carbons (Fsp3) is 0. The van der Waals surface area contributed by atoms with Crippen LogP contribution in [0.1, 0.15) is 10.4 Å². The molecule has 20 heavy (non-hydrogen) atoms. The van der Waals surface area contributed by atoms with Gasteiger partial charge < -0.3 is 10.4 Å². The van der Waals surface area contributed by atoms with E-state index in [1.54, 1.807) is 12.1 Å². The molecule has 0 spiro atoms. The Labute approximate surface area is 118 Å². The molecule has 2 N–H and O–H groups in total. The van der Waals surface area contributed by atoms with Crippen molar-refractivity contribution in [2.75, 3.05) is 5.32 Å². The number of benzene rings is 2. The first-order valence-corrected chi connectivity index (χ1v) is 5.90. The molecule has 2 aromatic carbocycles. The molecule has 0 unspecified atom stereocenters. The molecule has 1 amide bonds. The van der Waals surface area contributed by atoms with Crippen LogP contribution in [0.15, 0.2) is 42.5 Å². The maximum absolute atomic E-state index is 11.9. The van der Waals surface area contributed by atoms with E-state index in [9.17, 15) is 20.0 Å². The minimum atomic E-state index is -0.732. The molecular formula is C13H9ClN2O4. The van der Waals surface area contributed by atoms with Crippen LogP contribution in [-0.4, -0.2) is 15.9 Å². The number of carbonyl (C=O) groups is 1. The molecule has 0 saturated carbocycles. The van der Waals surface area contributed by atoms with E-state index in [0.29, 0.717) is 5.02 Å². The molecule has 0 aliphatic rings. The third-order valence-corrected chi connectivity index (χ3v) is 2.78. The molecule has 0 saturated heterocycles. The van der Waals surface area contributed by atoms with Gasteiger partial charge in [0.1, 0.15) is 0 Å². The number of amides is 1. The number of rotatable bonds is 3. The lowest BCUT2D eigenvalue weighted by atomic mass is 10.2. The number of phenolic OH excluding ortho intramolecular Hbond substituents is 1. The van der Waals surface area contributed by atoms with Gasteiger partial charge in [0, 0.05) is 16.7 Å². The van der Waals surface area contributed by atoms with Gasteiger partial charge in [-0.15, -0.1) is 0 Å². The molecule has 2 aromatic rings. The average Bonchev–Trinajstić information content (AvgIpc) is 2.40. The number of nitro benzene ring substituents is 1. The van der Waals surface area contributed by atoms with E-state index in [2.05, 4.69) is 5.32 Å². The Bertz CT molecular complexity index is 688. The third kappa shape index (κ3) is 2.86. The van der Waals surface area contributed by atoms with Crippen LogP contribution in [-0.2, 0) is 0 Å². The Morgan fingerprint density at radius 3 is 2.60 bits per heavy atom. The largest absolute Gasteiger partial charge is 0.501 e. The SMILES string of the molecule is O=C(Nc1cccc([N+](=O)[O-])c1O)c1cccc(Cl)c1. The zero-order chi connectivity index (χ0) is 14.7. The number of phenols is 1. The van der Waals surface area contributed by atoms with Crippen molar-refractivity contribution in [1.82, 2.24) is 0 Å². The first-order valence-electron chi connectivity index (χ1n) is 5.52. The summed E-state index contributed by atoms with van der Waals surface area (Å²) in [6.45, 7) is 0. The predicted molar refractivity (Wildman–Crippen MR) is 74.2 cm³/mol. The van der Waals surface area contributed by atoms with E-state index in [1.165, 1.54) is 24.3 Å². The summed E-state index contributed by atoms with van der Waals surface area (Å²) in [6.07, 6.45) is 0. The second-order valence-corrected chi connectivity index (χ2v) is 4.33. The molecule has 102 valence electrons. The quantitative estimate of drug-likeness (QED) is 0.516. The maximum atomic E-state index is 11.9. The van der Waals surface area contributed by atoms with Gasteiger partial charge in [-0.3, -0.25) is 14.9 Å². The summed E-state index contributed by atoms with van der Waals surface area (Å²) in [7, 11) is 0.